The molecule has 0 aliphatic heterocycles. The Hall–Kier alpha value is 0.0743. The van der Waals surface area contributed by atoms with E-state index in [-0.39, 0.29) is 21.7 Å². The predicted molar refractivity (Wildman–Crippen MR) is 52.9 cm³/mol. The molecular weight excluding hydrogens is 186 g/mol. The Balaban J connectivity index is -0.0000000406. The Morgan fingerprint density at radius 3 is 0.917 bits per heavy atom. The van der Waals surface area contributed by atoms with Crippen molar-refractivity contribution in [1.82, 2.24) is 0 Å². The summed E-state index contributed by atoms with van der Waals surface area (Å²) in [5.41, 5.74) is 13.5. The monoisotopic (exact) mass is 206 g/mol. The van der Waals surface area contributed by atoms with Crippen molar-refractivity contribution in [2.45, 2.75) is 0 Å². The number of nitrogens with two attached hydrogens (primary N) is 3. The van der Waals surface area contributed by atoms with Gasteiger partial charge in [0.2, 0.25) is 0 Å². The molecule has 71 valence electrons. The van der Waals surface area contributed by atoms with E-state index in [0.29, 0.717) is 0 Å². The predicted octanol–water partition coefficient (Wildman–Crippen LogP) is 0.0389. The summed E-state index contributed by atoms with van der Waals surface area (Å²) >= 11 is 0. The molecule has 0 spiro atoms. The van der Waals surface area contributed by atoms with Crippen molar-refractivity contribution in [1.29, 1.82) is 0 Å². The van der Waals surface area contributed by atoms with Gasteiger partial charge in [0.25, 0.3) is 0 Å². The topological polar surface area (TPSA) is 78.1 Å². The average molecular weight is 206 g/mol. The van der Waals surface area contributed by atoms with E-state index < -0.39 is 0 Å². The summed E-state index contributed by atoms with van der Waals surface area (Å²) in [4.78, 5) is 0. The van der Waals surface area contributed by atoms with E-state index in [0.717, 1.165) is 0 Å². The van der Waals surface area contributed by atoms with Gasteiger partial charge in [0, 0.05) is 28.1 Å². The first kappa shape index (κ1) is 22.7. The zero-order valence-corrected chi connectivity index (χ0v) is 9.68. The third-order valence-corrected chi connectivity index (χ3v) is 0.556. The first-order chi connectivity index (χ1) is 5.50. The Labute approximate surface area is 91.0 Å². The van der Waals surface area contributed by atoms with Gasteiger partial charge in [0.15, 0.2) is 0 Å². The van der Waals surface area contributed by atoms with Crippen LogP contribution in [0.4, 0.5) is 0 Å². The maximum atomic E-state index is 4.50. The van der Waals surface area contributed by atoms with Crippen molar-refractivity contribution in [2.75, 3.05) is 21.1 Å². The van der Waals surface area contributed by atoms with Crippen LogP contribution >= 0.6 is 0 Å². The van der Waals surface area contributed by atoms with Crippen LogP contribution in [0.3, 0.4) is 0 Å². The normalized spacial score (nSPS) is 8.83. The molecule has 0 aromatic carbocycles. The summed E-state index contributed by atoms with van der Waals surface area (Å²) in [7, 11) is 4.50. The summed E-state index contributed by atoms with van der Waals surface area (Å²) < 4.78 is 0. The summed E-state index contributed by atoms with van der Waals surface area (Å²) in [5.74, 6) is 0. The maximum Gasteiger partial charge on any atom is 0.00506 e. The molecule has 3 nitrogen and oxygen atoms in total. The van der Waals surface area contributed by atoms with Gasteiger partial charge in [-0.1, -0.05) is 24.3 Å². The second-order valence-corrected chi connectivity index (χ2v) is 0.962. The molecule has 0 aromatic rings. The third-order valence-electron chi connectivity index (χ3n) is 0.556. The summed E-state index contributed by atoms with van der Waals surface area (Å²) in [6.07, 6.45) is 10.0. The van der Waals surface area contributed by atoms with Crippen molar-refractivity contribution >= 4 is 0 Å². The maximum absolute atomic E-state index is 4.50. The molecule has 0 bridgehead atoms. The van der Waals surface area contributed by atoms with E-state index in [1.54, 1.807) is 0 Å². The van der Waals surface area contributed by atoms with Gasteiger partial charge >= 0.3 is 0 Å². The van der Waals surface area contributed by atoms with E-state index in [1.807, 2.05) is 30.7 Å². The molecule has 0 saturated carbocycles. The van der Waals surface area contributed by atoms with Crippen LogP contribution in [0.25, 0.3) is 0 Å². The number of allylic oxidation sites excluding steroid dienone is 4. The van der Waals surface area contributed by atoms with E-state index in [9.17, 15) is 0 Å². The fraction of sp³-hybridized carbons (Fsp3) is 0.375. The van der Waals surface area contributed by atoms with Crippen LogP contribution in [0.5, 0.6) is 0 Å². The first-order valence-electron chi connectivity index (χ1n) is 3.40. The van der Waals surface area contributed by atoms with Gasteiger partial charge in [-0.25, -0.2) is 0 Å². The minimum Gasteiger partial charge on any atom is -0.333 e. The molecular formula is C8H20N3Ti. The Kier molecular flexibility index (Phi) is 82.6. The SMILES string of the molecule is CN.CN.CN.[CH]1C=CC=C1.[Ti]. The Bertz CT molecular complexity index is 72.4. The van der Waals surface area contributed by atoms with Gasteiger partial charge in [-0.15, -0.1) is 0 Å². The van der Waals surface area contributed by atoms with Crippen molar-refractivity contribution in [2.24, 2.45) is 17.2 Å². The molecule has 0 unspecified atom stereocenters. The van der Waals surface area contributed by atoms with Crippen LogP contribution in [0.2, 0.25) is 0 Å². The van der Waals surface area contributed by atoms with Gasteiger partial charge in [0.05, 0.1) is 0 Å². The van der Waals surface area contributed by atoms with Gasteiger partial charge in [-0.3, -0.25) is 0 Å². The Morgan fingerprint density at radius 2 is 0.833 bits per heavy atom. The van der Waals surface area contributed by atoms with Gasteiger partial charge < -0.3 is 17.2 Å². The molecule has 1 rings (SSSR count). The molecule has 1 aliphatic carbocycles. The van der Waals surface area contributed by atoms with E-state index in [1.165, 1.54) is 21.1 Å². The zero-order chi connectivity index (χ0) is 9.54. The summed E-state index contributed by atoms with van der Waals surface area (Å²) in [5, 5.41) is 0. The molecule has 0 atom stereocenters. The van der Waals surface area contributed by atoms with Gasteiger partial charge in [-0.05, 0) is 21.1 Å². The molecule has 1 aliphatic rings. The van der Waals surface area contributed by atoms with E-state index in [2.05, 4.69) is 17.2 Å². The molecule has 4 heteroatoms. The zero-order valence-electron chi connectivity index (χ0n) is 8.12. The number of hydrogen-bond donors (Lipinski definition) is 3. The number of rotatable bonds is 0. The minimum atomic E-state index is 0. The van der Waals surface area contributed by atoms with Crippen LogP contribution in [-0.2, 0) is 21.7 Å². The quantitative estimate of drug-likeness (QED) is 0.489. The summed E-state index contributed by atoms with van der Waals surface area (Å²) in [6, 6.07) is 0. The van der Waals surface area contributed by atoms with Crippen LogP contribution in [0.15, 0.2) is 24.3 Å². The molecule has 12 heavy (non-hydrogen) atoms. The molecule has 1 radical (unpaired) electrons. The minimum absolute atomic E-state index is 0. The summed E-state index contributed by atoms with van der Waals surface area (Å²) in [6.45, 7) is 0. The smallest absolute Gasteiger partial charge is 0.00506 e. The Morgan fingerprint density at radius 1 is 0.583 bits per heavy atom. The van der Waals surface area contributed by atoms with Crippen molar-refractivity contribution < 1.29 is 21.7 Å². The molecule has 0 saturated heterocycles. The van der Waals surface area contributed by atoms with Crippen molar-refractivity contribution in [3.8, 4) is 0 Å². The van der Waals surface area contributed by atoms with Crippen molar-refractivity contribution in [3.05, 3.63) is 30.7 Å². The van der Waals surface area contributed by atoms with Gasteiger partial charge in [-0.2, -0.15) is 0 Å². The third kappa shape index (κ3) is 32.2. The standard InChI is InChI=1S/C5H5.3CH5N.Ti/c1-2-4-5-3-1;3*1-2;/h1-5H;3*2H2,1H3;. The first-order valence-corrected chi connectivity index (χ1v) is 3.40. The fourth-order valence-corrected chi connectivity index (χ4v) is 0.321. The second-order valence-electron chi connectivity index (χ2n) is 0.962. The van der Waals surface area contributed by atoms with E-state index >= 15 is 0 Å². The van der Waals surface area contributed by atoms with Crippen molar-refractivity contribution in [3.63, 3.8) is 0 Å². The largest absolute Gasteiger partial charge is 0.333 e. The van der Waals surface area contributed by atoms with Gasteiger partial charge in [0.1, 0.15) is 0 Å². The molecule has 0 aromatic heterocycles. The second kappa shape index (κ2) is 43.7. The van der Waals surface area contributed by atoms with Crippen LogP contribution in [-0.4, -0.2) is 21.1 Å². The fourth-order valence-electron chi connectivity index (χ4n) is 0.321. The van der Waals surface area contributed by atoms with Crippen LogP contribution < -0.4 is 17.2 Å². The molecule has 0 fully saturated rings. The molecule has 0 amide bonds. The van der Waals surface area contributed by atoms with E-state index in [4.69, 9.17) is 0 Å². The van der Waals surface area contributed by atoms with Crippen LogP contribution in [0, 0.1) is 6.42 Å². The molecule has 6 N–H and O–H groups in total. The number of hydrogen-bond acceptors (Lipinski definition) is 3. The molecule has 0 heterocycles. The van der Waals surface area contributed by atoms with Crippen LogP contribution in [0.1, 0.15) is 0 Å². The average Bonchev–Trinajstić information content (AvgIpc) is 2.71.